The Morgan fingerprint density at radius 1 is 1.24 bits per heavy atom. The lowest BCUT2D eigenvalue weighted by molar-refractivity contribution is 0.626. The normalized spacial score (nSPS) is 12.3. The van der Waals surface area contributed by atoms with Crippen LogP contribution in [0.2, 0.25) is 0 Å². The molecule has 3 aromatic rings. The Kier molecular flexibility index (Phi) is 3.64. The average Bonchev–Trinajstić information content (AvgIpc) is 3.02. The molecule has 1 aromatic carbocycles. The summed E-state index contributed by atoms with van der Waals surface area (Å²) in [7, 11) is 0. The van der Waals surface area contributed by atoms with E-state index in [1.807, 2.05) is 17.5 Å². The van der Waals surface area contributed by atoms with E-state index < -0.39 is 6.04 Å². The summed E-state index contributed by atoms with van der Waals surface area (Å²) in [6, 6.07) is 10.7. The molecule has 21 heavy (non-hydrogen) atoms. The molecule has 4 nitrogen and oxygen atoms in total. The lowest BCUT2D eigenvalue weighted by Gasteiger charge is -2.12. The van der Waals surface area contributed by atoms with Gasteiger partial charge < -0.3 is 5.73 Å². The minimum Gasteiger partial charge on any atom is -0.320 e. The number of nitrogens with two attached hydrogens (primary N) is 1. The first kappa shape index (κ1) is 13.7. The summed E-state index contributed by atoms with van der Waals surface area (Å²) in [6.07, 6.45) is 0. The number of rotatable bonds is 3. The van der Waals surface area contributed by atoms with Crippen molar-refractivity contribution in [3.63, 3.8) is 0 Å². The maximum absolute atomic E-state index is 13.0. The van der Waals surface area contributed by atoms with E-state index in [-0.39, 0.29) is 11.4 Å². The van der Waals surface area contributed by atoms with Gasteiger partial charge in [-0.3, -0.25) is 4.79 Å². The van der Waals surface area contributed by atoms with Crippen LogP contribution in [0.15, 0.2) is 52.6 Å². The fourth-order valence-electron chi connectivity index (χ4n) is 2.05. The second kappa shape index (κ2) is 5.59. The zero-order chi connectivity index (χ0) is 14.8. The van der Waals surface area contributed by atoms with Gasteiger partial charge in [0.05, 0.1) is 10.9 Å². The number of thiophene rings is 1. The van der Waals surface area contributed by atoms with Crippen molar-refractivity contribution in [1.82, 2.24) is 10.2 Å². The number of aromatic nitrogens is 2. The Labute approximate surface area is 124 Å². The second-order valence-corrected chi connectivity index (χ2v) is 5.49. The Balaban J connectivity index is 2.03. The molecule has 1 atom stereocenters. The monoisotopic (exact) mass is 301 g/mol. The van der Waals surface area contributed by atoms with E-state index in [9.17, 15) is 9.18 Å². The summed E-state index contributed by atoms with van der Waals surface area (Å²) < 4.78 is 13.0. The van der Waals surface area contributed by atoms with E-state index in [1.54, 1.807) is 18.2 Å². The predicted molar refractivity (Wildman–Crippen MR) is 80.6 cm³/mol. The largest absolute Gasteiger partial charge is 0.320 e. The van der Waals surface area contributed by atoms with Crippen molar-refractivity contribution >= 4 is 11.3 Å². The molecule has 0 amide bonds. The fourth-order valence-corrected chi connectivity index (χ4v) is 2.74. The number of H-pyrrole nitrogens is 1. The molecule has 0 bridgehead atoms. The van der Waals surface area contributed by atoms with Crippen LogP contribution >= 0.6 is 11.3 Å². The van der Waals surface area contributed by atoms with Crippen LogP contribution in [-0.2, 0) is 0 Å². The number of benzene rings is 1. The number of nitrogens with one attached hydrogen (secondary N) is 1. The van der Waals surface area contributed by atoms with Gasteiger partial charge in [0.15, 0.2) is 0 Å². The van der Waals surface area contributed by atoms with Gasteiger partial charge in [0.1, 0.15) is 11.5 Å². The van der Waals surface area contributed by atoms with Crippen molar-refractivity contribution in [2.24, 2.45) is 5.73 Å². The van der Waals surface area contributed by atoms with Gasteiger partial charge in [0, 0.05) is 5.56 Å². The van der Waals surface area contributed by atoms with E-state index in [0.29, 0.717) is 16.8 Å². The summed E-state index contributed by atoms with van der Waals surface area (Å²) >= 11 is 1.53. The fraction of sp³-hybridized carbons (Fsp3) is 0.0667. The lowest BCUT2D eigenvalue weighted by atomic mass is 10.0. The Hall–Kier alpha value is -2.31. The van der Waals surface area contributed by atoms with Crippen LogP contribution in [0.4, 0.5) is 4.39 Å². The van der Waals surface area contributed by atoms with Gasteiger partial charge in [-0.05, 0) is 35.2 Å². The molecule has 106 valence electrons. The molecule has 0 aliphatic carbocycles. The summed E-state index contributed by atoms with van der Waals surface area (Å²) in [5.41, 5.74) is 7.52. The van der Waals surface area contributed by atoms with Crippen LogP contribution < -0.4 is 11.3 Å². The maximum atomic E-state index is 13.0. The SMILES string of the molecule is NC(c1ccc(F)cc1)c1cc(-c2cccs2)n[nH]c1=O. The standard InChI is InChI=1S/C15H12FN3OS/c16-10-5-3-9(4-6-10)14(17)11-8-12(18-19-15(11)20)13-2-1-7-21-13/h1-8,14H,17H2,(H,19,20). The van der Waals surface area contributed by atoms with Gasteiger partial charge in [-0.1, -0.05) is 18.2 Å². The van der Waals surface area contributed by atoms with Crippen LogP contribution in [0.1, 0.15) is 17.2 Å². The summed E-state index contributed by atoms with van der Waals surface area (Å²) in [4.78, 5) is 12.9. The first-order chi connectivity index (χ1) is 10.1. The van der Waals surface area contributed by atoms with Gasteiger partial charge in [-0.15, -0.1) is 11.3 Å². The van der Waals surface area contributed by atoms with Gasteiger partial charge in [-0.25, -0.2) is 9.49 Å². The average molecular weight is 301 g/mol. The first-order valence-electron chi connectivity index (χ1n) is 6.29. The van der Waals surface area contributed by atoms with Gasteiger partial charge in [0.2, 0.25) is 0 Å². The molecular formula is C15H12FN3OS. The maximum Gasteiger partial charge on any atom is 0.269 e. The van der Waals surface area contributed by atoms with Crippen molar-refractivity contribution in [3.8, 4) is 10.6 Å². The highest BCUT2D eigenvalue weighted by molar-refractivity contribution is 7.13. The number of hydrogen-bond donors (Lipinski definition) is 2. The van der Waals surface area contributed by atoms with Crippen LogP contribution in [0.3, 0.4) is 0 Å². The molecule has 0 spiro atoms. The molecule has 0 fully saturated rings. The first-order valence-corrected chi connectivity index (χ1v) is 7.17. The molecular weight excluding hydrogens is 289 g/mol. The predicted octanol–water partition coefficient (Wildman–Crippen LogP) is 2.69. The molecule has 0 radical (unpaired) electrons. The van der Waals surface area contributed by atoms with Gasteiger partial charge in [-0.2, -0.15) is 5.10 Å². The summed E-state index contributed by atoms with van der Waals surface area (Å²) in [5, 5.41) is 8.43. The number of halogens is 1. The van der Waals surface area contributed by atoms with Crippen molar-refractivity contribution in [3.05, 3.63) is 75.1 Å². The third kappa shape index (κ3) is 2.76. The summed E-state index contributed by atoms with van der Waals surface area (Å²) in [6.45, 7) is 0. The zero-order valence-electron chi connectivity index (χ0n) is 10.9. The molecule has 3 N–H and O–H groups in total. The highest BCUT2D eigenvalue weighted by Crippen LogP contribution is 2.24. The van der Waals surface area contributed by atoms with Crippen molar-refractivity contribution < 1.29 is 4.39 Å². The van der Waals surface area contributed by atoms with Crippen LogP contribution in [0.5, 0.6) is 0 Å². The highest BCUT2D eigenvalue weighted by atomic mass is 32.1. The van der Waals surface area contributed by atoms with Gasteiger partial charge >= 0.3 is 0 Å². The van der Waals surface area contributed by atoms with Crippen LogP contribution in [0, 0.1) is 5.82 Å². The lowest BCUT2D eigenvalue weighted by Crippen LogP contribution is -2.23. The third-order valence-corrected chi connectivity index (χ3v) is 4.06. The molecule has 0 aliphatic rings. The molecule has 3 rings (SSSR count). The van der Waals surface area contributed by atoms with Crippen molar-refractivity contribution in [2.45, 2.75) is 6.04 Å². The summed E-state index contributed by atoms with van der Waals surface area (Å²) in [5.74, 6) is -0.339. The topological polar surface area (TPSA) is 71.8 Å². The van der Waals surface area contributed by atoms with Crippen LogP contribution in [-0.4, -0.2) is 10.2 Å². The zero-order valence-corrected chi connectivity index (χ0v) is 11.7. The second-order valence-electron chi connectivity index (χ2n) is 4.54. The molecule has 0 aliphatic heterocycles. The smallest absolute Gasteiger partial charge is 0.269 e. The molecule has 6 heteroatoms. The molecule has 0 saturated carbocycles. The van der Waals surface area contributed by atoms with E-state index >= 15 is 0 Å². The van der Waals surface area contributed by atoms with E-state index in [2.05, 4.69) is 10.2 Å². The molecule has 0 saturated heterocycles. The van der Waals surface area contributed by atoms with E-state index in [1.165, 1.54) is 23.5 Å². The number of aromatic amines is 1. The molecule has 2 heterocycles. The minimum atomic E-state index is -0.629. The third-order valence-electron chi connectivity index (χ3n) is 3.17. The van der Waals surface area contributed by atoms with Crippen molar-refractivity contribution in [1.29, 1.82) is 0 Å². The van der Waals surface area contributed by atoms with Crippen molar-refractivity contribution in [2.75, 3.05) is 0 Å². The van der Waals surface area contributed by atoms with Gasteiger partial charge in [0.25, 0.3) is 5.56 Å². The number of hydrogen-bond acceptors (Lipinski definition) is 4. The molecule has 2 aromatic heterocycles. The Morgan fingerprint density at radius 2 is 2.00 bits per heavy atom. The van der Waals surface area contributed by atoms with E-state index in [0.717, 1.165) is 4.88 Å². The quantitative estimate of drug-likeness (QED) is 0.781. The van der Waals surface area contributed by atoms with Crippen LogP contribution in [0.25, 0.3) is 10.6 Å². The molecule has 1 unspecified atom stereocenters. The Morgan fingerprint density at radius 3 is 2.67 bits per heavy atom. The Bertz CT molecular complexity index is 797. The highest BCUT2D eigenvalue weighted by Gasteiger charge is 2.15. The van der Waals surface area contributed by atoms with E-state index in [4.69, 9.17) is 5.73 Å². The minimum absolute atomic E-state index is 0.339. The number of nitrogens with zero attached hydrogens (tertiary/aromatic N) is 1.